The van der Waals surface area contributed by atoms with Crippen molar-refractivity contribution in [2.75, 3.05) is 26.1 Å². The fourth-order valence-corrected chi connectivity index (χ4v) is 3.41. The lowest BCUT2D eigenvalue weighted by molar-refractivity contribution is -0.154. The van der Waals surface area contributed by atoms with Gasteiger partial charge in [-0.25, -0.2) is 29.1 Å². The second-order valence-electron chi connectivity index (χ2n) is 8.09. The summed E-state index contributed by atoms with van der Waals surface area (Å²) in [7, 11) is 2.57. The van der Waals surface area contributed by atoms with Crippen LogP contribution in [0.5, 0.6) is 11.6 Å². The molecule has 0 aliphatic carbocycles. The number of ether oxygens (including phenoxy) is 3. The van der Waals surface area contributed by atoms with E-state index < -0.39 is 41.8 Å². The number of methoxy groups -OCH3 is 2. The summed E-state index contributed by atoms with van der Waals surface area (Å²) >= 11 is 0. The third-order valence-electron chi connectivity index (χ3n) is 5.37. The summed E-state index contributed by atoms with van der Waals surface area (Å²) in [5.74, 6) is -3.10. The van der Waals surface area contributed by atoms with E-state index in [4.69, 9.17) is 4.74 Å². The molecule has 1 N–H and O–H groups in total. The third-order valence-corrected chi connectivity index (χ3v) is 5.37. The molecule has 9 nitrogen and oxygen atoms in total. The van der Waals surface area contributed by atoms with Crippen molar-refractivity contribution in [2.24, 2.45) is 0 Å². The lowest BCUT2D eigenvalue weighted by atomic mass is 10.1. The minimum Gasteiger partial charge on any atom is -0.497 e. The minimum absolute atomic E-state index is 0.0180. The summed E-state index contributed by atoms with van der Waals surface area (Å²) in [5.41, 5.74) is -0.396. The molecule has 0 amide bonds. The SMILES string of the molecule is COC(=O)c1cc(-c2ccc(OCC(F)(F)F)nc2)nc(-c2cnc(NCc3ccc(OC)cc3)c(F)n2)c1F. The van der Waals surface area contributed by atoms with Crippen molar-refractivity contribution in [1.82, 2.24) is 19.9 Å². The lowest BCUT2D eigenvalue weighted by Crippen LogP contribution is -2.19. The molecule has 4 rings (SSSR count). The molecular formula is C26H20F5N5O4. The summed E-state index contributed by atoms with van der Waals surface area (Å²) in [6.45, 7) is -1.33. The first kappa shape index (κ1) is 28.1. The fourth-order valence-electron chi connectivity index (χ4n) is 3.41. The predicted octanol–water partition coefficient (Wildman–Crippen LogP) is 5.23. The van der Waals surface area contributed by atoms with Crippen molar-refractivity contribution in [3.05, 3.63) is 77.8 Å². The zero-order chi connectivity index (χ0) is 28.9. The van der Waals surface area contributed by atoms with E-state index in [-0.39, 0.29) is 35.2 Å². The van der Waals surface area contributed by atoms with Crippen LogP contribution in [0.2, 0.25) is 0 Å². The van der Waals surface area contributed by atoms with Gasteiger partial charge in [0.05, 0.1) is 31.7 Å². The average Bonchev–Trinajstić information content (AvgIpc) is 2.95. The van der Waals surface area contributed by atoms with Crippen LogP contribution in [-0.4, -0.2) is 52.9 Å². The van der Waals surface area contributed by atoms with Gasteiger partial charge in [-0.05, 0) is 29.8 Å². The maximum Gasteiger partial charge on any atom is 0.422 e. The Morgan fingerprint density at radius 1 is 0.950 bits per heavy atom. The number of esters is 1. The standard InChI is InChI=1S/C26H20F5N5O4/c1-38-16-6-3-14(4-7-16)10-33-24-23(28)36-19(12-34-24)22-21(27)17(25(37)39-2)9-18(35-22)15-5-8-20(32-11-15)40-13-26(29,30)31/h3-9,11-12H,10,13H2,1-2H3,(H,33,34). The van der Waals surface area contributed by atoms with Gasteiger partial charge in [-0.3, -0.25) is 0 Å². The molecule has 0 atom stereocenters. The van der Waals surface area contributed by atoms with E-state index in [0.29, 0.717) is 5.75 Å². The van der Waals surface area contributed by atoms with Crippen LogP contribution in [0.3, 0.4) is 0 Å². The number of anilines is 1. The van der Waals surface area contributed by atoms with Crippen LogP contribution in [0.25, 0.3) is 22.6 Å². The van der Waals surface area contributed by atoms with Gasteiger partial charge < -0.3 is 19.5 Å². The molecule has 0 fully saturated rings. The molecule has 0 saturated heterocycles. The Morgan fingerprint density at radius 2 is 1.70 bits per heavy atom. The van der Waals surface area contributed by atoms with Crippen LogP contribution >= 0.6 is 0 Å². The van der Waals surface area contributed by atoms with Gasteiger partial charge in [0.25, 0.3) is 5.95 Å². The van der Waals surface area contributed by atoms with Crippen molar-refractivity contribution in [3.63, 3.8) is 0 Å². The highest BCUT2D eigenvalue weighted by atomic mass is 19.4. The summed E-state index contributed by atoms with van der Waals surface area (Å²) in [5, 5.41) is 2.79. The molecule has 1 aromatic carbocycles. The first-order chi connectivity index (χ1) is 19.1. The molecule has 0 bridgehead atoms. The zero-order valence-corrected chi connectivity index (χ0v) is 20.9. The van der Waals surface area contributed by atoms with Gasteiger partial charge in [-0.15, -0.1) is 0 Å². The molecule has 0 spiro atoms. The number of alkyl halides is 3. The highest BCUT2D eigenvalue weighted by molar-refractivity contribution is 5.92. The minimum atomic E-state index is -4.56. The monoisotopic (exact) mass is 561 g/mol. The first-order valence-corrected chi connectivity index (χ1v) is 11.4. The third kappa shape index (κ3) is 6.76. The van der Waals surface area contributed by atoms with Gasteiger partial charge in [-0.2, -0.15) is 17.6 Å². The quantitative estimate of drug-likeness (QED) is 0.217. The van der Waals surface area contributed by atoms with Crippen molar-refractivity contribution in [1.29, 1.82) is 0 Å². The molecular weight excluding hydrogens is 541 g/mol. The van der Waals surface area contributed by atoms with E-state index in [0.717, 1.165) is 37.2 Å². The highest BCUT2D eigenvalue weighted by Crippen LogP contribution is 2.29. The van der Waals surface area contributed by atoms with Crippen molar-refractivity contribution in [3.8, 4) is 34.3 Å². The number of carbonyl (C=O) groups excluding carboxylic acids is 1. The number of hydrogen-bond donors (Lipinski definition) is 1. The van der Waals surface area contributed by atoms with Crippen LogP contribution < -0.4 is 14.8 Å². The van der Waals surface area contributed by atoms with E-state index >= 15 is 4.39 Å². The van der Waals surface area contributed by atoms with E-state index in [9.17, 15) is 22.4 Å². The largest absolute Gasteiger partial charge is 0.497 e. The molecule has 3 aromatic heterocycles. The number of rotatable bonds is 9. The van der Waals surface area contributed by atoms with Gasteiger partial charge in [0.1, 0.15) is 17.1 Å². The molecule has 0 radical (unpaired) electrons. The van der Waals surface area contributed by atoms with Crippen LogP contribution in [0.4, 0.5) is 27.8 Å². The molecule has 0 unspecified atom stereocenters. The zero-order valence-electron chi connectivity index (χ0n) is 20.9. The Kier molecular flexibility index (Phi) is 8.36. The Balaban J connectivity index is 1.63. The summed E-state index contributed by atoms with van der Waals surface area (Å²) < 4.78 is 81.6. The van der Waals surface area contributed by atoms with Gasteiger partial charge in [-0.1, -0.05) is 12.1 Å². The number of nitrogens with zero attached hydrogens (tertiary/aromatic N) is 4. The molecule has 0 aliphatic rings. The number of nitrogens with one attached hydrogen (secondary N) is 1. The van der Waals surface area contributed by atoms with Gasteiger partial charge >= 0.3 is 12.1 Å². The second-order valence-corrected chi connectivity index (χ2v) is 8.09. The molecule has 0 aliphatic heterocycles. The van der Waals surface area contributed by atoms with Gasteiger partial charge in [0, 0.05) is 24.4 Å². The number of aromatic nitrogens is 4. The average molecular weight is 561 g/mol. The number of hydrogen-bond acceptors (Lipinski definition) is 9. The summed E-state index contributed by atoms with van der Waals surface area (Å²) in [6, 6.07) is 10.5. The van der Waals surface area contributed by atoms with E-state index in [1.165, 1.54) is 13.2 Å². The van der Waals surface area contributed by atoms with Crippen molar-refractivity contribution >= 4 is 11.8 Å². The van der Waals surface area contributed by atoms with Crippen molar-refractivity contribution < 1.29 is 41.0 Å². The number of benzene rings is 1. The Bertz CT molecular complexity index is 1500. The fraction of sp³-hybridized carbons (Fsp3) is 0.192. The van der Waals surface area contributed by atoms with Crippen LogP contribution in [-0.2, 0) is 11.3 Å². The first-order valence-electron chi connectivity index (χ1n) is 11.4. The normalized spacial score (nSPS) is 11.2. The molecule has 14 heteroatoms. The Morgan fingerprint density at radius 3 is 2.30 bits per heavy atom. The Hall–Kier alpha value is -4.88. The summed E-state index contributed by atoms with van der Waals surface area (Å²) in [6.07, 6.45) is -2.36. The smallest absolute Gasteiger partial charge is 0.422 e. The second kappa shape index (κ2) is 11.9. The highest BCUT2D eigenvalue weighted by Gasteiger charge is 2.28. The van der Waals surface area contributed by atoms with E-state index in [1.54, 1.807) is 24.3 Å². The van der Waals surface area contributed by atoms with Gasteiger partial charge in [0.2, 0.25) is 5.88 Å². The van der Waals surface area contributed by atoms with Gasteiger partial charge in [0.15, 0.2) is 18.2 Å². The van der Waals surface area contributed by atoms with Crippen LogP contribution in [0.1, 0.15) is 15.9 Å². The van der Waals surface area contributed by atoms with Crippen LogP contribution in [0.15, 0.2) is 54.9 Å². The number of halogens is 5. The summed E-state index contributed by atoms with van der Waals surface area (Å²) in [4.78, 5) is 27.9. The molecule has 3 heterocycles. The lowest BCUT2D eigenvalue weighted by Gasteiger charge is -2.12. The Labute approximate surface area is 224 Å². The van der Waals surface area contributed by atoms with E-state index in [1.807, 2.05) is 0 Å². The maximum absolute atomic E-state index is 15.3. The maximum atomic E-state index is 15.3. The van der Waals surface area contributed by atoms with Crippen molar-refractivity contribution in [2.45, 2.75) is 12.7 Å². The molecule has 0 saturated carbocycles. The topological polar surface area (TPSA) is 108 Å². The number of pyridine rings is 2. The van der Waals surface area contributed by atoms with E-state index in [2.05, 4.69) is 34.7 Å². The molecule has 40 heavy (non-hydrogen) atoms. The van der Waals surface area contributed by atoms with Crippen LogP contribution in [0, 0.1) is 11.8 Å². The molecule has 4 aromatic rings. The predicted molar refractivity (Wildman–Crippen MR) is 132 cm³/mol. The molecule has 208 valence electrons. The number of carbonyl (C=O) groups is 1.